The normalized spacial score (nSPS) is 14.5. The van der Waals surface area contributed by atoms with E-state index in [2.05, 4.69) is 15.2 Å². The number of anilines is 2. The van der Waals surface area contributed by atoms with Gasteiger partial charge >= 0.3 is 12.4 Å². The van der Waals surface area contributed by atoms with Gasteiger partial charge in [0.1, 0.15) is 0 Å². The molecule has 1 aliphatic heterocycles. The zero-order valence-electron chi connectivity index (χ0n) is 16.9. The summed E-state index contributed by atoms with van der Waals surface area (Å²) in [6, 6.07) is 7.22. The molecule has 1 aliphatic rings. The third kappa shape index (κ3) is 5.29. The molecule has 174 valence electrons. The van der Waals surface area contributed by atoms with Gasteiger partial charge in [-0.2, -0.15) is 26.3 Å². The number of carbonyl (C=O) groups is 1. The molecule has 3 aromatic rings. The summed E-state index contributed by atoms with van der Waals surface area (Å²) in [6.45, 7) is 1.86. The summed E-state index contributed by atoms with van der Waals surface area (Å²) in [5.74, 6) is -1.08. The lowest BCUT2D eigenvalue weighted by atomic mass is 10.0. The maximum Gasteiger partial charge on any atom is 0.416 e. The second-order valence-electron chi connectivity index (χ2n) is 7.54. The molecule has 4 nitrogen and oxygen atoms in total. The Balaban J connectivity index is 1.58. The van der Waals surface area contributed by atoms with Crippen molar-refractivity contribution in [3.8, 4) is 11.3 Å². The molecule has 0 atom stereocenters. The Morgan fingerprint density at radius 1 is 0.939 bits per heavy atom. The molecular formula is C22H17F6N3OS. The molecule has 1 N–H and O–H groups in total. The van der Waals surface area contributed by atoms with E-state index in [0.717, 1.165) is 31.1 Å². The fourth-order valence-corrected chi connectivity index (χ4v) is 4.38. The molecule has 0 unspecified atom stereocenters. The monoisotopic (exact) mass is 485 g/mol. The van der Waals surface area contributed by atoms with E-state index in [0.29, 0.717) is 23.4 Å². The van der Waals surface area contributed by atoms with Gasteiger partial charge in [0.2, 0.25) is 0 Å². The number of hydrogen-bond donors (Lipinski definition) is 1. The third-order valence-electron chi connectivity index (χ3n) is 5.13. The topological polar surface area (TPSA) is 45.2 Å². The lowest BCUT2D eigenvalue weighted by Crippen LogP contribution is -2.17. The number of aromatic nitrogens is 1. The highest BCUT2D eigenvalue weighted by atomic mass is 32.1. The molecule has 4 rings (SSSR count). The van der Waals surface area contributed by atoms with Crippen LogP contribution in [0.1, 0.15) is 34.3 Å². The van der Waals surface area contributed by atoms with Crippen molar-refractivity contribution in [3.63, 3.8) is 0 Å². The Morgan fingerprint density at radius 2 is 1.58 bits per heavy atom. The van der Waals surface area contributed by atoms with Crippen LogP contribution in [0.15, 0.2) is 47.8 Å². The molecule has 2 aromatic carbocycles. The van der Waals surface area contributed by atoms with Crippen molar-refractivity contribution < 1.29 is 31.1 Å². The quantitative estimate of drug-likeness (QED) is 0.419. The van der Waals surface area contributed by atoms with Gasteiger partial charge in [-0.25, -0.2) is 4.98 Å². The number of alkyl halides is 6. The second kappa shape index (κ2) is 8.69. The Kier molecular flexibility index (Phi) is 6.08. The van der Waals surface area contributed by atoms with E-state index in [4.69, 9.17) is 0 Å². The summed E-state index contributed by atoms with van der Waals surface area (Å²) in [5.41, 5.74) is -2.29. The molecule has 33 heavy (non-hydrogen) atoms. The molecule has 0 radical (unpaired) electrons. The van der Waals surface area contributed by atoms with Crippen LogP contribution >= 0.6 is 11.3 Å². The summed E-state index contributed by atoms with van der Waals surface area (Å²) in [4.78, 5) is 19.3. The summed E-state index contributed by atoms with van der Waals surface area (Å²) in [7, 11) is 0. The van der Waals surface area contributed by atoms with Crippen LogP contribution in [0.5, 0.6) is 0 Å². The van der Waals surface area contributed by atoms with Crippen LogP contribution in [-0.4, -0.2) is 24.0 Å². The van der Waals surface area contributed by atoms with Gasteiger partial charge in [0.25, 0.3) is 5.91 Å². The lowest BCUT2D eigenvalue weighted by Gasteiger charge is -2.14. The molecule has 0 aliphatic carbocycles. The first kappa shape index (κ1) is 23.1. The van der Waals surface area contributed by atoms with Crippen molar-refractivity contribution in [3.05, 3.63) is 64.5 Å². The van der Waals surface area contributed by atoms with E-state index in [1.54, 1.807) is 18.2 Å². The fourth-order valence-electron chi connectivity index (χ4n) is 3.50. The number of nitrogens with one attached hydrogen (secondary N) is 1. The van der Waals surface area contributed by atoms with Crippen LogP contribution in [0.25, 0.3) is 11.3 Å². The van der Waals surface area contributed by atoms with E-state index in [9.17, 15) is 31.1 Å². The second-order valence-corrected chi connectivity index (χ2v) is 8.38. The Hall–Kier alpha value is -3.08. The Morgan fingerprint density at radius 3 is 2.18 bits per heavy atom. The van der Waals surface area contributed by atoms with Gasteiger partial charge in [0, 0.05) is 35.3 Å². The number of halogens is 6. The fraction of sp³-hybridized carbons (Fsp3) is 0.273. The number of thiazole rings is 1. The minimum absolute atomic E-state index is 0.0163. The van der Waals surface area contributed by atoms with Crippen LogP contribution in [0, 0.1) is 0 Å². The largest absolute Gasteiger partial charge is 0.416 e. The molecule has 1 fully saturated rings. The Bertz CT molecular complexity index is 1130. The first-order valence-electron chi connectivity index (χ1n) is 9.92. The van der Waals surface area contributed by atoms with Crippen molar-refractivity contribution in [2.45, 2.75) is 25.2 Å². The van der Waals surface area contributed by atoms with Crippen molar-refractivity contribution >= 4 is 28.1 Å². The van der Waals surface area contributed by atoms with Gasteiger partial charge in [-0.05, 0) is 43.2 Å². The van der Waals surface area contributed by atoms with Crippen molar-refractivity contribution in [2.75, 3.05) is 23.3 Å². The smallest absolute Gasteiger partial charge is 0.348 e. The SMILES string of the molecule is O=C(Nc1cccc(-c2csc(N3CCCC3)n2)c1)c1cc(C(F)(F)F)cc(C(F)(F)F)c1. The number of rotatable bonds is 4. The number of carbonyl (C=O) groups excluding carboxylic acids is 1. The molecule has 0 saturated carbocycles. The minimum Gasteiger partial charge on any atom is -0.348 e. The lowest BCUT2D eigenvalue weighted by molar-refractivity contribution is -0.143. The van der Waals surface area contributed by atoms with E-state index in [1.807, 2.05) is 5.38 Å². The maximum absolute atomic E-state index is 13.1. The predicted octanol–water partition coefficient (Wildman–Crippen LogP) is 6.70. The van der Waals surface area contributed by atoms with Gasteiger partial charge in [0.15, 0.2) is 5.13 Å². The standard InChI is InChI=1S/C22H17F6N3OS/c23-21(24,25)15-8-14(9-16(11-15)22(26,27)28)19(32)29-17-5-3-4-13(10-17)18-12-33-20(30-18)31-6-1-2-7-31/h3-5,8-12H,1-2,6-7H2,(H,29,32). The van der Waals surface area contributed by atoms with Crippen molar-refractivity contribution in [1.29, 1.82) is 0 Å². The molecular weight excluding hydrogens is 468 g/mol. The predicted molar refractivity (Wildman–Crippen MR) is 113 cm³/mol. The van der Waals surface area contributed by atoms with E-state index < -0.39 is 35.0 Å². The van der Waals surface area contributed by atoms with E-state index in [1.165, 1.54) is 17.4 Å². The summed E-state index contributed by atoms with van der Waals surface area (Å²) < 4.78 is 78.4. The average Bonchev–Trinajstić information content (AvgIpc) is 3.44. The molecule has 11 heteroatoms. The number of hydrogen-bond acceptors (Lipinski definition) is 4. The molecule has 1 aromatic heterocycles. The van der Waals surface area contributed by atoms with Crippen molar-refractivity contribution in [2.24, 2.45) is 0 Å². The first-order chi connectivity index (χ1) is 15.5. The number of nitrogens with zero attached hydrogens (tertiary/aromatic N) is 2. The summed E-state index contributed by atoms with van der Waals surface area (Å²) in [6.07, 6.45) is -7.87. The Labute approximate surface area is 188 Å². The van der Waals surface area contributed by atoms with Gasteiger partial charge < -0.3 is 10.2 Å². The minimum atomic E-state index is -5.03. The number of benzene rings is 2. The van der Waals surface area contributed by atoms with Gasteiger partial charge in [-0.3, -0.25) is 4.79 Å². The van der Waals surface area contributed by atoms with Crippen LogP contribution in [-0.2, 0) is 12.4 Å². The average molecular weight is 485 g/mol. The highest BCUT2D eigenvalue weighted by Crippen LogP contribution is 2.36. The summed E-state index contributed by atoms with van der Waals surface area (Å²) >= 11 is 1.48. The van der Waals surface area contributed by atoms with Crippen LogP contribution < -0.4 is 10.2 Å². The zero-order valence-corrected chi connectivity index (χ0v) is 17.7. The molecule has 1 amide bonds. The van der Waals surface area contributed by atoms with E-state index in [-0.39, 0.29) is 11.8 Å². The molecule has 2 heterocycles. The number of amides is 1. The third-order valence-corrected chi connectivity index (χ3v) is 6.04. The van der Waals surface area contributed by atoms with Crippen molar-refractivity contribution in [1.82, 2.24) is 4.98 Å². The molecule has 1 saturated heterocycles. The van der Waals surface area contributed by atoms with E-state index >= 15 is 0 Å². The highest BCUT2D eigenvalue weighted by Gasteiger charge is 2.37. The van der Waals surface area contributed by atoms with Gasteiger partial charge in [0.05, 0.1) is 16.8 Å². The van der Waals surface area contributed by atoms with Crippen LogP contribution in [0.4, 0.5) is 37.2 Å². The molecule has 0 spiro atoms. The maximum atomic E-state index is 13.1. The first-order valence-corrected chi connectivity index (χ1v) is 10.8. The van der Waals surface area contributed by atoms with Crippen LogP contribution in [0.2, 0.25) is 0 Å². The highest BCUT2D eigenvalue weighted by molar-refractivity contribution is 7.14. The van der Waals surface area contributed by atoms with Crippen LogP contribution in [0.3, 0.4) is 0 Å². The summed E-state index contributed by atoms with van der Waals surface area (Å²) in [5, 5.41) is 5.11. The zero-order chi connectivity index (χ0) is 23.8. The van der Waals surface area contributed by atoms with Gasteiger partial charge in [-0.1, -0.05) is 12.1 Å². The molecule has 0 bridgehead atoms. The van der Waals surface area contributed by atoms with Gasteiger partial charge in [-0.15, -0.1) is 11.3 Å².